The van der Waals surface area contributed by atoms with Crippen LogP contribution in [0.4, 0.5) is 4.39 Å². The Morgan fingerprint density at radius 1 is 1.38 bits per heavy atom. The molecule has 1 aromatic rings. The van der Waals surface area contributed by atoms with Gasteiger partial charge in [0.2, 0.25) is 0 Å². The Labute approximate surface area is 123 Å². The van der Waals surface area contributed by atoms with Gasteiger partial charge < -0.3 is 20.1 Å². The Hall–Kier alpha value is -1.66. The summed E-state index contributed by atoms with van der Waals surface area (Å²) in [7, 11) is 1.56. The standard InChI is InChI=1S/C15H21FN2O3/c1-20-5-4-17-15(19)10-21-14-7-11(6-12(16)8-14)9-18-13-2-3-13/h6-8,13,18H,2-5,9-10H2,1H3,(H,17,19). The highest BCUT2D eigenvalue weighted by atomic mass is 19.1. The van der Waals surface area contributed by atoms with Crippen LogP contribution in [0, 0.1) is 5.82 Å². The lowest BCUT2D eigenvalue weighted by Gasteiger charge is -2.09. The molecule has 0 spiro atoms. The zero-order valence-corrected chi connectivity index (χ0v) is 12.2. The number of carbonyl (C=O) groups excluding carboxylic acids is 1. The number of amides is 1. The zero-order valence-electron chi connectivity index (χ0n) is 12.2. The molecule has 0 radical (unpaired) electrons. The van der Waals surface area contributed by atoms with Crippen molar-refractivity contribution in [3.05, 3.63) is 29.6 Å². The van der Waals surface area contributed by atoms with Crippen molar-refractivity contribution in [2.24, 2.45) is 0 Å². The number of hydrogen-bond donors (Lipinski definition) is 2. The molecule has 2 N–H and O–H groups in total. The third-order valence-electron chi connectivity index (χ3n) is 3.10. The SMILES string of the molecule is COCCNC(=O)COc1cc(F)cc(CNC2CC2)c1. The van der Waals surface area contributed by atoms with Crippen LogP contribution in [-0.4, -0.2) is 38.8 Å². The van der Waals surface area contributed by atoms with Gasteiger partial charge in [-0.1, -0.05) is 0 Å². The van der Waals surface area contributed by atoms with Crippen LogP contribution >= 0.6 is 0 Å². The second-order valence-corrected chi connectivity index (χ2v) is 5.08. The lowest BCUT2D eigenvalue weighted by atomic mass is 10.2. The van der Waals surface area contributed by atoms with Crippen molar-refractivity contribution in [2.45, 2.75) is 25.4 Å². The minimum atomic E-state index is -0.361. The predicted molar refractivity (Wildman–Crippen MR) is 76.6 cm³/mol. The highest BCUT2D eigenvalue weighted by Gasteiger charge is 2.20. The first-order valence-corrected chi connectivity index (χ1v) is 7.08. The molecule has 1 aliphatic carbocycles. The molecule has 1 amide bonds. The lowest BCUT2D eigenvalue weighted by molar-refractivity contribution is -0.123. The topological polar surface area (TPSA) is 59.6 Å². The van der Waals surface area contributed by atoms with E-state index in [2.05, 4.69) is 10.6 Å². The average molecular weight is 296 g/mol. The van der Waals surface area contributed by atoms with Crippen LogP contribution < -0.4 is 15.4 Å². The lowest BCUT2D eigenvalue weighted by Crippen LogP contribution is -2.31. The van der Waals surface area contributed by atoms with E-state index in [1.165, 1.54) is 25.0 Å². The molecule has 0 saturated heterocycles. The molecule has 1 fully saturated rings. The van der Waals surface area contributed by atoms with Gasteiger partial charge in [-0.05, 0) is 30.5 Å². The third kappa shape index (κ3) is 6.10. The normalized spacial score (nSPS) is 14.0. The van der Waals surface area contributed by atoms with Gasteiger partial charge in [-0.3, -0.25) is 4.79 Å². The van der Waals surface area contributed by atoms with E-state index in [1.807, 2.05) is 0 Å². The molecule has 5 nitrogen and oxygen atoms in total. The maximum atomic E-state index is 13.5. The fraction of sp³-hybridized carbons (Fsp3) is 0.533. The maximum Gasteiger partial charge on any atom is 0.258 e. The fourth-order valence-electron chi connectivity index (χ4n) is 1.85. The van der Waals surface area contributed by atoms with Crippen molar-refractivity contribution >= 4 is 5.91 Å². The number of nitrogens with one attached hydrogen (secondary N) is 2. The second-order valence-electron chi connectivity index (χ2n) is 5.08. The molecular formula is C15H21FN2O3. The summed E-state index contributed by atoms with van der Waals surface area (Å²) < 4.78 is 23.7. The Morgan fingerprint density at radius 3 is 2.90 bits per heavy atom. The summed E-state index contributed by atoms with van der Waals surface area (Å²) in [5, 5.41) is 5.95. The van der Waals surface area contributed by atoms with Gasteiger partial charge in [0.25, 0.3) is 5.91 Å². The van der Waals surface area contributed by atoms with Gasteiger partial charge in [0, 0.05) is 32.3 Å². The molecule has 0 atom stereocenters. The van der Waals surface area contributed by atoms with Gasteiger partial charge in [-0.25, -0.2) is 4.39 Å². The number of carbonyl (C=O) groups is 1. The first-order chi connectivity index (χ1) is 10.2. The molecule has 21 heavy (non-hydrogen) atoms. The van der Waals surface area contributed by atoms with E-state index < -0.39 is 0 Å². The molecule has 116 valence electrons. The van der Waals surface area contributed by atoms with Crippen molar-refractivity contribution in [3.8, 4) is 5.75 Å². The van der Waals surface area contributed by atoms with Crippen LogP contribution in [0.5, 0.6) is 5.75 Å². The Bertz CT molecular complexity index is 478. The van der Waals surface area contributed by atoms with E-state index in [4.69, 9.17) is 9.47 Å². The van der Waals surface area contributed by atoms with Gasteiger partial charge in [-0.15, -0.1) is 0 Å². The highest BCUT2D eigenvalue weighted by molar-refractivity contribution is 5.77. The number of hydrogen-bond acceptors (Lipinski definition) is 4. The van der Waals surface area contributed by atoms with Crippen LogP contribution in [-0.2, 0) is 16.1 Å². The summed E-state index contributed by atoms with van der Waals surface area (Å²) in [6.07, 6.45) is 2.36. The number of ether oxygens (including phenoxy) is 2. The number of methoxy groups -OCH3 is 1. The van der Waals surface area contributed by atoms with Gasteiger partial charge in [0.1, 0.15) is 11.6 Å². The smallest absolute Gasteiger partial charge is 0.258 e. The average Bonchev–Trinajstić information content (AvgIpc) is 3.27. The predicted octanol–water partition coefficient (Wildman–Crippen LogP) is 1.22. The van der Waals surface area contributed by atoms with E-state index in [0.29, 0.717) is 31.5 Å². The summed E-state index contributed by atoms with van der Waals surface area (Å²) in [4.78, 5) is 11.5. The molecule has 0 aromatic heterocycles. The van der Waals surface area contributed by atoms with E-state index in [-0.39, 0.29) is 18.3 Å². The van der Waals surface area contributed by atoms with Gasteiger partial charge in [0.05, 0.1) is 6.61 Å². The first-order valence-electron chi connectivity index (χ1n) is 7.08. The summed E-state index contributed by atoms with van der Waals surface area (Å²) in [6.45, 7) is 1.35. The van der Waals surface area contributed by atoms with Crippen molar-refractivity contribution in [1.29, 1.82) is 0 Å². The second kappa shape index (κ2) is 7.95. The molecular weight excluding hydrogens is 275 g/mol. The highest BCUT2D eigenvalue weighted by Crippen LogP contribution is 2.21. The van der Waals surface area contributed by atoms with E-state index in [1.54, 1.807) is 13.2 Å². The van der Waals surface area contributed by atoms with E-state index in [9.17, 15) is 9.18 Å². The quantitative estimate of drug-likeness (QED) is 0.673. The fourth-order valence-corrected chi connectivity index (χ4v) is 1.85. The summed E-state index contributed by atoms with van der Waals surface area (Å²) in [5.41, 5.74) is 0.816. The molecule has 0 bridgehead atoms. The van der Waals surface area contributed by atoms with Crippen molar-refractivity contribution in [1.82, 2.24) is 10.6 Å². The minimum absolute atomic E-state index is 0.136. The maximum absolute atomic E-state index is 13.5. The first kappa shape index (κ1) is 15.7. The number of benzene rings is 1. The van der Waals surface area contributed by atoms with Crippen LogP contribution in [0.2, 0.25) is 0 Å². The number of halogens is 1. The van der Waals surface area contributed by atoms with Gasteiger partial charge in [0.15, 0.2) is 6.61 Å². The van der Waals surface area contributed by atoms with Crippen LogP contribution in [0.3, 0.4) is 0 Å². The molecule has 6 heteroatoms. The molecule has 1 aromatic carbocycles. The molecule has 2 rings (SSSR count). The van der Waals surface area contributed by atoms with E-state index in [0.717, 1.165) is 5.56 Å². The molecule has 1 saturated carbocycles. The number of rotatable bonds is 9. The van der Waals surface area contributed by atoms with Gasteiger partial charge >= 0.3 is 0 Å². The Balaban J connectivity index is 1.79. The third-order valence-corrected chi connectivity index (χ3v) is 3.10. The zero-order chi connectivity index (χ0) is 15.1. The minimum Gasteiger partial charge on any atom is -0.484 e. The Kier molecular flexibility index (Phi) is 5.95. The largest absolute Gasteiger partial charge is 0.484 e. The molecule has 0 unspecified atom stereocenters. The Morgan fingerprint density at radius 2 is 2.19 bits per heavy atom. The van der Waals surface area contributed by atoms with Crippen LogP contribution in [0.1, 0.15) is 18.4 Å². The molecule has 0 heterocycles. The van der Waals surface area contributed by atoms with Crippen molar-refractivity contribution in [2.75, 3.05) is 26.9 Å². The van der Waals surface area contributed by atoms with E-state index >= 15 is 0 Å². The summed E-state index contributed by atoms with van der Waals surface area (Å²) in [5.74, 6) is -0.252. The molecule has 1 aliphatic rings. The van der Waals surface area contributed by atoms with Gasteiger partial charge in [-0.2, -0.15) is 0 Å². The summed E-state index contributed by atoms with van der Waals surface area (Å²) in [6, 6.07) is 5.06. The van der Waals surface area contributed by atoms with Crippen LogP contribution in [0.15, 0.2) is 18.2 Å². The van der Waals surface area contributed by atoms with Crippen molar-refractivity contribution < 1.29 is 18.7 Å². The summed E-state index contributed by atoms with van der Waals surface area (Å²) >= 11 is 0. The van der Waals surface area contributed by atoms with Crippen LogP contribution in [0.25, 0.3) is 0 Å². The monoisotopic (exact) mass is 296 g/mol. The molecule has 0 aliphatic heterocycles. The van der Waals surface area contributed by atoms with Crippen molar-refractivity contribution in [3.63, 3.8) is 0 Å².